The number of hydrogen-bond acceptors (Lipinski definition) is 3. The van der Waals surface area contributed by atoms with Crippen molar-refractivity contribution in [2.45, 2.75) is 18.9 Å². The third-order valence-electron chi connectivity index (χ3n) is 5.64. The Balaban J connectivity index is 1.62. The molecular weight excluding hydrogens is 374 g/mol. The summed E-state index contributed by atoms with van der Waals surface area (Å²) in [7, 11) is 4.06. The highest BCUT2D eigenvalue weighted by Gasteiger charge is 2.21. The number of anilines is 1. The van der Waals surface area contributed by atoms with Gasteiger partial charge in [-0.3, -0.25) is 4.79 Å². The van der Waals surface area contributed by atoms with Crippen LogP contribution in [0.5, 0.6) is 0 Å². The number of aromatic nitrogens is 3. The van der Waals surface area contributed by atoms with Gasteiger partial charge >= 0.3 is 0 Å². The molecule has 6 nitrogen and oxygen atoms in total. The Morgan fingerprint density at radius 1 is 1.17 bits per heavy atom. The predicted molar refractivity (Wildman–Crippen MR) is 121 cm³/mol. The van der Waals surface area contributed by atoms with Gasteiger partial charge < -0.3 is 19.8 Å². The zero-order chi connectivity index (χ0) is 21.1. The molecule has 2 aromatic heterocycles. The number of hydrogen-bond donors (Lipinski definition) is 2. The van der Waals surface area contributed by atoms with Crippen LogP contribution in [-0.4, -0.2) is 41.1 Å². The van der Waals surface area contributed by atoms with Gasteiger partial charge in [-0.15, -0.1) is 0 Å². The first-order chi connectivity index (χ1) is 14.5. The number of nitrogens with zero attached hydrogens (tertiary/aromatic N) is 3. The summed E-state index contributed by atoms with van der Waals surface area (Å²) in [5.41, 5.74) is 4.59. The molecule has 2 aromatic carbocycles. The van der Waals surface area contributed by atoms with Gasteiger partial charge in [-0.1, -0.05) is 30.3 Å². The van der Waals surface area contributed by atoms with E-state index >= 15 is 0 Å². The fraction of sp³-hybridized carbons (Fsp3) is 0.250. The quantitative estimate of drug-likeness (QED) is 0.493. The van der Waals surface area contributed by atoms with Crippen molar-refractivity contribution in [2.75, 3.05) is 25.5 Å². The average Bonchev–Trinajstić information content (AvgIpc) is 3.44. The lowest BCUT2D eigenvalue weighted by molar-refractivity contribution is -0.123. The van der Waals surface area contributed by atoms with Gasteiger partial charge in [0.1, 0.15) is 6.04 Å². The normalized spacial score (nSPS) is 13.2. The maximum atomic E-state index is 12.8. The first-order valence-electron chi connectivity index (χ1n) is 10.1. The van der Waals surface area contributed by atoms with E-state index in [1.165, 1.54) is 16.5 Å². The van der Waals surface area contributed by atoms with E-state index in [1.54, 1.807) is 18.7 Å². The van der Waals surface area contributed by atoms with Crippen LogP contribution < -0.4 is 10.2 Å². The molecular formula is C24H27N5O. The summed E-state index contributed by atoms with van der Waals surface area (Å²) >= 11 is 0. The molecule has 0 radical (unpaired) electrons. The highest BCUT2D eigenvalue weighted by atomic mass is 16.2. The minimum absolute atomic E-state index is 0.0252. The van der Waals surface area contributed by atoms with Gasteiger partial charge in [-0.05, 0) is 36.2 Å². The minimum atomic E-state index is -0.313. The Morgan fingerprint density at radius 3 is 2.63 bits per heavy atom. The smallest absolute Gasteiger partial charge is 0.242 e. The van der Waals surface area contributed by atoms with E-state index in [0.29, 0.717) is 6.54 Å². The lowest BCUT2D eigenvalue weighted by atomic mass is 9.90. The SMILES string of the molecule is C[C@@H](C(=O)NC[C@@H](c1ccc(N(C)C)cc1)c1c[nH]c2ccccc12)n1ccnc1. The van der Waals surface area contributed by atoms with Crippen molar-refractivity contribution in [3.63, 3.8) is 0 Å². The molecule has 0 saturated heterocycles. The molecule has 1 amide bonds. The molecule has 0 saturated carbocycles. The van der Waals surface area contributed by atoms with Crippen LogP contribution in [0.2, 0.25) is 0 Å². The largest absolute Gasteiger partial charge is 0.378 e. The second kappa shape index (κ2) is 8.45. The Labute approximate surface area is 176 Å². The van der Waals surface area contributed by atoms with Crippen LogP contribution in [0.25, 0.3) is 10.9 Å². The topological polar surface area (TPSA) is 66.0 Å². The van der Waals surface area contributed by atoms with Crippen molar-refractivity contribution in [1.29, 1.82) is 0 Å². The number of benzene rings is 2. The van der Waals surface area contributed by atoms with Gasteiger partial charge in [0, 0.05) is 61.7 Å². The molecule has 0 aliphatic rings. The molecule has 0 unspecified atom stereocenters. The number of para-hydroxylation sites is 1. The Bertz CT molecular complexity index is 1110. The van der Waals surface area contributed by atoms with Crippen LogP contribution in [0.15, 0.2) is 73.4 Å². The van der Waals surface area contributed by atoms with Gasteiger partial charge in [-0.25, -0.2) is 4.98 Å². The Hall–Kier alpha value is -3.54. The summed E-state index contributed by atoms with van der Waals surface area (Å²) < 4.78 is 1.81. The van der Waals surface area contributed by atoms with Crippen molar-refractivity contribution in [3.05, 3.63) is 84.6 Å². The number of aromatic amines is 1. The predicted octanol–water partition coefficient (Wildman–Crippen LogP) is 3.94. The second-order valence-electron chi connectivity index (χ2n) is 7.76. The number of nitrogens with one attached hydrogen (secondary N) is 2. The standard InChI is InChI=1S/C24H27N5O/c1-17(29-13-12-25-16-29)24(30)27-14-21(18-8-10-19(11-9-18)28(2)3)22-15-26-23-7-5-4-6-20(22)23/h4-13,15-17,21,26H,14H2,1-3H3,(H,27,30)/t17-,21-/m0/s1. The highest BCUT2D eigenvalue weighted by Crippen LogP contribution is 2.31. The summed E-state index contributed by atoms with van der Waals surface area (Å²) in [5, 5.41) is 4.32. The van der Waals surface area contributed by atoms with Crippen LogP contribution in [0, 0.1) is 0 Å². The monoisotopic (exact) mass is 401 g/mol. The van der Waals surface area contributed by atoms with Gasteiger partial charge in [-0.2, -0.15) is 0 Å². The van der Waals surface area contributed by atoms with Crippen molar-refractivity contribution < 1.29 is 4.79 Å². The molecule has 0 bridgehead atoms. The van der Waals surface area contributed by atoms with Gasteiger partial charge in [0.2, 0.25) is 5.91 Å². The third-order valence-corrected chi connectivity index (χ3v) is 5.64. The molecule has 0 aliphatic carbocycles. The average molecular weight is 402 g/mol. The molecule has 0 fully saturated rings. The molecule has 2 atom stereocenters. The molecule has 30 heavy (non-hydrogen) atoms. The number of carbonyl (C=O) groups is 1. The molecule has 0 aliphatic heterocycles. The molecule has 0 spiro atoms. The lowest BCUT2D eigenvalue weighted by Gasteiger charge is -2.21. The van der Waals surface area contributed by atoms with E-state index in [9.17, 15) is 4.79 Å². The maximum Gasteiger partial charge on any atom is 0.242 e. The van der Waals surface area contributed by atoms with E-state index in [4.69, 9.17) is 0 Å². The molecule has 4 rings (SSSR count). The number of imidazole rings is 1. The van der Waals surface area contributed by atoms with Crippen LogP contribution >= 0.6 is 0 Å². The van der Waals surface area contributed by atoms with Gasteiger partial charge in [0.25, 0.3) is 0 Å². The molecule has 4 aromatic rings. The number of carbonyl (C=O) groups excluding carboxylic acids is 1. The lowest BCUT2D eigenvalue weighted by Crippen LogP contribution is -2.34. The summed E-state index contributed by atoms with van der Waals surface area (Å²) in [5.74, 6) is 0.0130. The first-order valence-corrected chi connectivity index (χ1v) is 10.1. The third kappa shape index (κ3) is 3.94. The van der Waals surface area contributed by atoms with E-state index in [-0.39, 0.29) is 17.9 Å². The zero-order valence-electron chi connectivity index (χ0n) is 17.5. The van der Waals surface area contributed by atoms with Crippen molar-refractivity contribution >= 4 is 22.5 Å². The van der Waals surface area contributed by atoms with E-state index in [2.05, 4.69) is 62.8 Å². The fourth-order valence-corrected chi connectivity index (χ4v) is 3.78. The summed E-state index contributed by atoms with van der Waals surface area (Å²) in [6, 6.07) is 16.5. The second-order valence-corrected chi connectivity index (χ2v) is 7.76. The van der Waals surface area contributed by atoms with Crippen LogP contribution in [0.1, 0.15) is 30.0 Å². The first kappa shape index (κ1) is 19.8. The van der Waals surface area contributed by atoms with Crippen molar-refractivity contribution in [2.24, 2.45) is 0 Å². The number of fused-ring (bicyclic) bond motifs is 1. The zero-order valence-corrected chi connectivity index (χ0v) is 17.5. The molecule has 2 heterocycles. The van der Waals surface area contributed by atoms with Crippen molar-refractivity contribution in [1.82, 2.24) is 19.9 Å². The minimum Gasteiger partial charge on any atom is -0.378 e. The summed E-state index contributed by atoms with van der Waals surface area (Å²) in [6.45, 7) is 2.39. The van der Waals surface area contributed by atoms with Crippen LogP contribution in [0.3, 0.4) is 0 Å². The van der Waals surface area contributed by atoms with Crippen molar-refractivity contribution in [3.8, 4) is 0 Å². The number of H-pyrrole nitrogens is 1. The maximum absolute atomic E-state index is 12.8. The Kier molecular flexibility index (Phi) is 5.57. The van der Waals surface area contributed by atoms with Gasteiger partial charge in [0.15, 0.2) is 0 Å². The molecule has 2 N–H and O–H groups in total. The number of rotatable bonds is 7. The fourth-order valence-electron chi connectivity index (χ4n) is 3.78. The van der Waals surface area contributed by atoms with Gasteiger partial charge in [0.05, 0.1) is 6.33 Å². The van der Waals surface area contributed by atoms with E-state index in [0.717, 1.165) is 11.2 Å². The highest BCUT2D eigenvalue weighted by molar-refractivity contribution is 5.84. The summed E-state index contributed by atoms with van der Waals surface area (Å²) in [4.78, 5) is 22.3. The summed E-state index contributed by atoms with van der Waals surface area (Å²) in [6.07, 6.45) is 7.22. The van der Waals surface area contributed by atoms with E-state index in [1.807, 2.05) is 37.7 Å². The van der Waals surface area contributed by atoms with E-state index < -0.39 is 0 Å². The Morgan fingerprint density at radius 2 is 1.93 bits per heavy atom. The van der Waals surface area contributed by atoms with Crippen LogP contribution in [0.4, 0.5) is 5.69 Å². The molecule has 6 heteroatoms. The number of amides is 1. The molecule has 154 valence electrons. The van der Waals surface area contributed by atoms with Crippen LogP contribution in [-0.2, 0) is 4.79 Å².